The lowest BCUT2D eigenvalue weighted by Gasteiger charge is -2.43. The Morgan fingerprint density at radius 1 is 0.344 bits per heavy atom. The van der Waals surface area contributed by atoms with Crippen LogP contribution in [0.3, 0.4) is 0 Å². The van der Waals surface area contributed by atoms with Gasteiger partial charge >= 0.3 is 0 Å². The highest BCUT2D eigenvalue weighted by Crippen LogP contribution is 2.61. The minimum absolute atomic E-state index is 0.185. The van der Waals surface area contributed by atoms with Crippen molar-refractivity contribution in [3.8, 4) is 67.9 Å². The zero-order valence-corrected chi connectivity index (χ0v) is 33.8. The number of hydrogen-bond donors (Lipinski definition) is 0. The number of benzene rings is 8. The topological polar surface area (TPSA) is 47.9 Å². The van der Waals surface area contributed by atoms with Crippen LogP contribution in [0.1, 0.15) is 58.4 Å². The van der Waals surface area contributed by atoms with Crippen molar-refractivity contribution >= 4 is 12.2 Å². The van der Waals surface area contributed by atoms with Gasteiger partial charge in [0, 0.05) is 33.2 Å². The van der Waals surface area contributed by atoms with E-state index >= 15 is 0 Å². The van der Waals surface area contributed by atoms with E-state index in [1.807, 2.05) is 24.3 Å². The highest BCUT2D eigenvalue weighted by atomic mass is 16.5. The van der Waals surface area contributed by atoms with E-state index in [4.69, 9.17) is 19.7 Å². The summed E-state index contributed by atoms with van der Waals surface area (Å²) in [7, 11) is 0. The molecule has 4 heteroatoms. The van der Waals surface area contributed by atoms with Gasteiger partial charge in [0.05, 0.1) is 5.41 Å². The van der Waals surface area contributed by atoms with Gasteiger partial charge in [0.2, 0.25) is 0 Å². The summed E-state index contributed by atoms with van der Waals surface area (Å²) < 4.78 is 7.03. The predicted molar refractivity (Wildman–Crippen MR) is 246 cm³/mol. The molecule has 288 valence electrons. The first kappa shape index (κ1) is 35.3. The van der Waals surface area contributed by atoms with Crippen molar-refractivity contribution in [1.29, 1.82) is 0 Å². The molecule has 0 amide bonds. The van der Waals surface area contributed by atoms with Crippen LogP contribution < -0.4 is 4.74 Å². The van der Waals surface area contributed by atoms with Crippen molar-refractivity contribution in [2.75, 3.05) is 0 Å². The summed E-state index contributed by atoms with van der Waals surface area (Å²) >= 11 is 0. The SMILES string of the molecule is CC1(C)c2ccccc2-c2cc3c(cc21)Oc1ccccc1C31c2ccccc2C=Cc2ccc(-c3nc(-c4ccccc4)nc(-c4cccc(-c5ccccc5)c4)n3)cc21. The molecule has 61 heavy (non-hydrogen) atoms. The molecule has 1 aliphatic heterocycles. The van der Waals surface area contributed by atoms with Gasteiger partial charge < -0.3 is 4.74 Å². The van der Waals surface area contributed by atoms with Gasteiger partial charge in [0.25, 0.3) is 0 Å². The Bertz CT molecular complexity index is 3260. The third-order valence-electron chi connectivity index (χ3n) is 13.0. The lowest BCUT2D eigenvalue weighted by atomic mass is 9.61. The number of para-hydroxylation sites is 1. The smallest absolute Gasteiger partial charge is 0.164 e. The Kier molecular flexibility index (Phi) is 7.76. The van der Waals surface area contributed by atoms with Crippen molar-refractivity contribution in [3.63, 3.8) is 0 Å². The Morgan fingerprint density at radius 2 is 0.918 bits per heavy atom. The minimum atomic E-state index is -0.756. The zero-order valence-electron chi connectivity index (χ0n) is 33.8. The maximum atomic E-state index is 7.03. The maximum Gasteiger partial charge on any atom is 0.164 e. The second-order valence-electron chi connectivity index (χ2n) is 16.8. The quantitative estimate of drug-likeness (QED) is 0.178. The van der Waals surface area contributed by atoms with Gasteiger partial charge in [-0.15, -0.1) is 0 Å². The summed E-state index contributed by atoms with van der Waals surface area (Å²) in [5.41, 5.74) is 16.0. The van der Waals surface area contributed by atoms with E-state index in [1.54, 1.807) is 0 Å². The van der Waals surface area contributed by atoms with Crippen LogP contribution in [0.2, 0.25) is 0 Å². The van der Waals surface area contributed by atoms with E-state index < -0.39 is 5.41 Å². The van der Waals surface area contributed by atoms with Gasteiger partial charge in [0.1, 0.15) is 11.5 Å². The zero-order chi connectivity index (χ0) is 40.7. The Hall–Kier alpha value is -7.69. The minimum Gasteiger partial charge on any atom is -0.457 e. The fraction of sp³-hybridized carbons (Fsp3) is 0.0702. The van der Waals surface area contributed by atoms with Crippen LogP contribution in [0.5, 0.6) is 11.5 Å². The molecule has 2 heterocycles. The molecule has 0 saturated heterocycles. The van der Waals surface area contributed by atoms with Crippen LogP contribution in [0.15, 0.2) is 188 Å². The molecule has 0 radical (unpaired) electrons. The predicted octanol–water partition coefficient (Wildman–Crippen LogP) is 13.8. The Morgan fingerprint density at radius 3 is 1.69 bits per heavy atom. The van der Waals surface area contributed by atoms with Gasteiger partial charge in [-0.1, -0.05) is 184 Å². The second-order valence-corrected chi connectivity index (χ2v) is 16.8. The lowest BCUT2D eigenvalue weighted by Crippen LogP contribution is -2.35. The summed E-state index contributed by atoms with van der Waals surface area (Å²) in [5, 5.41) is 0. The summed E-state index contributed by atoms with van der Waals surface area (Å²) in [6, 6.07) is 66.8. The summed E-state index contributed by atoms with van der Waals surface area (Å²) in [6.07, 6.45) is 4.53. The molecule has 3 aliphatic rings. The molecule has 1 aromatic heterocycles. The summed E-state index contributed by atoms with van der Waals surface area (Å²) in [4.78, 5) is 15.7. The van der Waals surface area contributed by atoms with E-state index in [0.29, 0.717) is 17.5 Å². The average molecular weight is 782 g/mol. The van der Waals surface area contributed by atoms with Crippen LogP contribution in [0.4, 0.5) is 0 Å². The monoisotopic (exact) mass is 781 g/mol. The van der Waals surface area contributed by atoms with Crippen LogP contribution in [0.25, 0.3) is 68.6 Å². The number of aromatic nitrogens is 3. The van der Waals surface area contributed by atoms with E-state index in [2.05, 4.69) is 190 Å². The molecule has 1 atom stereocenters. The highest BCUT2D eigenvalue weighted by molar-refractivity contribution is 5.89. The fourth-order valence-electron chi connectivity index (χ4n) is 10.1. The molecule has 0 saturated carbocycles. The van der Waals surface area contributed by atoms with Crippen molar-refractivity contribution in [3.05, 3.63) is 233 Å². The Balaban J connectivity index is 1.13. The number of rotatable bonds is 4. The summed E-state index contributed by atoms with van der Waals surface area (Å²) in [6.45, 7) is 4.65. The first-order valence-corrected chi connectivity index (χ1v) is 20.9. The maximum absolute atomic E-state index is 7.03. The van der Waals surface area contributed by atoms with Crippen molar-refractivity contribution in [1.82, 2.24) is 15.0 Å². The molecule has 1 unspecified atom stereocenters. The van der Waals surface area contributed by atoms with Crippen LogP contribution in [0, 0.1) is 0 Å². The Labute approximate surface area is 355 Å². The van der Waals surface area contributed by atoms with E-state index in [9.17, 15) is 0 Å². The molecular formula is C57H39N3O. The third-order valence-corrected chi connectivity index (χ3v) is 13.0. The molecule has 9 aromatic rings. The summed E-state index contributed by atoms with van der Waals surface area (Å²) in [5.74, 6) is 3.58. The number of fused-ring (bicyclic) bond motifs is 11. The van der Waals surface area contributed by atoms with Crippen LogP contribution >= 0.6 is 0 Å². The molecule has 8 aromatic carbocycles. The van der Waals surface area contributed by atoms with Gasteiger partial charge in [-0.25, -0.2) is 15.0 Å². The number of ether oxygens (including phenoxy) is 1. The van der Waals surface area contributed by atoms with E-state index in [1.165, 1.54) is 27.8 Å². The first-order chi connectivity index (χ1) is 30.0. The molecule has 0 bridgehead atoms. The molecular weight excluding hydrogens is 743 g/mol. The average Bonchev–Trinajstić information content (AvgIpc) is 3.44. The molecule has 12 rings (SSSR count). The van der Waals surface area contributed by atoms with Crippen LogP contribution in [-0.2, 0) is 10.8 Å². The third kappa shape index (κ3) is 5.35. The first-order valence-electron chi connectivity index (χ1n) is 20.9. The van der Waals surface area contributed by atoms with Crippen LogP contribution in [-0.4, -0.2) is 15.0 Å². The molecule has 0 N–H and O–H groups in total. The van der Waals surface area contributed by atoms with Gasteiger partial charge in [-0.05, 0) is 86.0 Å². The van der Waals surface area contributed by atoms with Crippen molar-refractivity contribution in [2.24, 2.45) is 0 Å². The second kappa shape index (κ2) is 13.4. The van der Waals surface area contributed by atoms with Gasteiger partial charge in [0.15, 0.2) is 17.5 Å². The van der Waals surface area contributed by atoms with E-state index in [-0.39, 0.29) is 5.41 Å². The number of hydrogen-bond acceptors (Lipinski definition) is 4. The highest BCUT2D eigenvalue weighted by Gasteiger charge is 2.49. The van der Waals surface area contributed by atoms with Gasteiger partial charge in [-0.2, -0.15) is 0 Å². The molecule has 0 fully saturated rings. The molecule has 2 aliphatic carbocycles. The fourth-order valence-corrected chi connectivity index (χ4v) is 10.1. The number of nitrogens with zero attached hydrogens (tertiary/aromatic N) is 3. The largest absolute Gasteiger partial charge is 0.457 e. The van der Waals surface area contributed by atoms with Crippen molar-refractivity contribution in [2.45, 2.75) is 24.7 Å². The normalized spacial score (nSPS) is 16.0. The molecule has 4 nitrogen and oxygen atoms in total. The lowest BCUT2D eigenvalue weighted by molar-refractivity contribution is 0.433. The van der Waals surface area contributed by atoms with Gasteiger partial charge in [-0.3, -0.25) is 0 Å². The standard InChI is InChI=1S/C57H39N3O/c1-56(2)46-25-12-10-23-43(46)44-34-50-52(35-49(44)56)61-51-27-14-13-26-47(51)57(50)45-24-11-9-18-37(45)28-29-38-30-31-42(33-48(38)57)55-59-53(39-19-7-4-8-20-39)58-54(60-55)41-22-15-21-40(32-41)36-16-5-3-6-17-36/h3-35H,1-2H3. The van der Waals surface area contributed by atoms with E-state index in [0.717, 1.165) is 67.1 Å². The molecule has 1 spiro atoms. The van der Waals surface area contributed by atoms with Crippen molar-refractivity contribution < 1.29 is 4.74 Å².